The number of ether oxygens (including phenoxy) is 1. The van der Waals surface area contributed by atoms with Gasteiger partial charge in [0.2, 0.25) is 0 Å². The molecule has 0 radical (unpaired) electrons. The summed E-state index contributed by atoms with van der Waals surface area (Å²) >= 11 is 0. The third-order valence-electron chi connectivity index (χ3n) is 1.85. The van der Waals surface area contributed by atoms with E-state index >= 15 is 0 Å². The summed E-state index contributed by atoms with van der Waals surface area (Å²) < 4.78 is 17.4. The summed E-state index contributed by atoms with van der Waals surface area (Å²) in [7, 11) is 0. The molecule has 0 heterocycles. The van der Waals surface area contributed by atoms with Crippen molar-refractivity contribution in [2.45, 2.75) is 6.92 Å². The van der Waals surface area contributed by atoms with Crippen LogP contribution in [0.3, 0.4) is 0 Å². The Morgan fingerprint density at radius 1 is 1.38 bits per heavy atom. The summed E-state index contributed by atoms with van der Waals surface area (Å²) in [5.74, 6) is -0.342. The van der Waals surface area contributed by atoms with Crippen molar-refractivity contribution in [2.24, 2.45) is 0 Å². The quantitative estimate of drug-likeness (QED) is 0.755. The Bertz CT molecular complexity index is 327. The molecule has 0 saturated heterocycles. The smallest absolute Gasteiger partial charge is 0.411 e. The first-order valence-electron chi connectivity index (χ1n) is 5.12. The lowest BCUT2D eigenvalue weighted by Gasteiger charge is -2.06. The monoisotopic (exact) mass is 226 g/mol. The molecule has 1 amide bonds. The van der Waals surface area contributed by atoms with Crippen molar-refractivity contribution in [3.8, 4) is 0 Å². The molecule has 0 aliphatic rings. The number of likely N-dealkylation sites (N-methyl/N-ethyl adjacent to an activating group) is 1. The molecule has 1 aromatic rings. The van der Waals surface area contributed by atoms with Crippen molar-refractivity contribution in [1.82, 2.24) is 5.32 Å². The summed E-state index contributed by atoms with van der Waals surface area (Å²) in [6.07, 6.45) is -0.537. The van der Waals surface area contributed by atoms with E-state index in [0.29, 0.717) is 18.8 Å². The minimum absolute atomic E-state index is 0.306. The van der Waals surface area contributed by atoms with E-state index in [0.717, 1.165) is 6.54 Å². The van der Waals surface area contributed by atoms with Gasteiger partial charge in [-0.3, -0.25) is 5.32 Å². The van der Waals surface area contributed by atoms with Crippen LogP contribution in [0.1, 0.15) is 6.92 Å². The maximum absolute atomic E-state index is 12.6. The van der Waals surface area contributed by atoms with Gasteiger partial charge < -0.3 is 10.1 Å². The minimum Gasteiger partial charge on any atom is -0.448 e. The van der Waals surface area contributed by atoms with Crippen molar-refractivity contribution < 1.29 is 13.9 Å². The molecule has 16 heavy (non-hydrogen) atoms. The highest BCUT2D eigenvalue weighted by molar-refractivity contribution is 5.84. The molecular formula is C11H15FN2O2. The second-order valence-electron chi connectivity index (χ2n) is 3.12. The zero-order valence-corrected chi connectivity index (χ0v) is 9.13. The van der Waals surface area contributed by atoms with Crippen LogP contribution in [0.2, 0.25) is 0 Å². The van der Waals surface area contributed by atoms with Gasteiger partial charge in [0.25, 0.3) is 0 Å². The Hall–Kier alpha value is -1.62. The lowest BCUT2D eigenvalue weighted by atomic mass is 10.3. The molecule has 0 atom stereocenters. The third-order valence-corrected chi connectivity index (χ3v) is 1.85. The summed E-state index contributed by atoms with van der Waals surface area (Å²) in [5, 5.41) is 5.51. The molecule has 0 aliphatic carbocycles. The van der Waals surface area contributed by atoms with E-state index in [1.807, 2.05) is 6.92 Å². The van der Waals surface area contributed by atoms with Gasteiger partial charge in [0.15, 0.2) is 0 Å². The molecular weight excluding hydrogens is 211 g/mol. The van der Waals surface area contributed by atoms with E-state index in [-0.39, 0.29) is 5.82 Å². The first-order chi connectivity index (χ1) is 7.72. The molecule has 5 heteroatoms. The number of anilines is 1. The van der Waals surface area contributed by atoms with Crippen molar-refractivity contribution >= 4 is 11.8 Å². The number of hydrogen-bond acceptors (Lipinski definition) is 3. The van der Waals surface area contributed by atoms with E-state index in [1.54, 1.807) is 0 Å². The molecule has 0 saturated carbocycles. The molecule has 0 aromatic heterocycles. The first kappa shape index (κ1) is 12.4. The lowest BCUT2D eigenvalue weighted by molar-refractivity contribution is 0.162. The molecule has 0 fully saturated rings. The van der Waals surface area contributed by atoms with E-state index in [9.17, 15) is 9.18 Å². The van der Waals surface area contributed by atoms with Crippen LogP contribution in [0.25, 0.3) is 0 Å². The first-order valence-corrected chi connectivity index (χ1v) is 5.12. The number of hydrogen-bond donors (Lipinski definition) is 2. The number of carbonyl (C=O) groups is 1. The van der Waals surface area contributed by atoms with Gasteiger partial charge in [0.05, 0.1) is 0 Å². The minimum atomic E-state index is -0.537. The van der Waals surface area contributed by atoms with Crippen LogP contribution in [0.4, 0.5) is 14.9 Å². The number of carbonyl (C=O) groups excluding carboxylic acids is 1. The van der Waals surface area contributed by atoms with Gasteiger partial charge in [-0.1, -0.05) is 6.92 Å². The second-order valence-corrected chi connectivity index (χ2v) is 3.12. The van der Waals surface area contributed by atoms with E-state index in [4.69, 9.17) is 4.74 Å². The van der Waals surface area contributed by atoms with Crippen molar-refractivity contribution in [3.63, 3.8) is 0 Å². The summed E-state index contributed by atoms with van der Waals surface area (Å²) in [4.78, 5) is 11.2. The Labute approximate surface area is 93.8 Å². The molecule has 0 unspecified atom stereocenters. The van der Waals surface area contributed by atoms with Crippen molar-refractivity contribution in [1.29, 1.82) is 0 Å². The Kier molecular flexibility index (Phi) is 5.28. The van der Waals surface area contributed by atoms with Gasteiger partial charge >= 0.3 is 6.09 Å². The second kappa shape index (κ2) is 6.79. The standard InChI is InChI=1S/C11H15FN2O2/c1-2-13-7-8-16-11(15)14-10-5-3-9(12)4-6-10/h3-6,13H,2,7-8H2,1H3,(H,14,15). The van der Waals surface area contributed by atoms with Crippen LogP contribution in [0.5, 0.6) is 0 Å². The molecule has 1 aromatic carbocycles. The molecule has 4 nitrogen and oxygen atoms in total. The van der Waals surface area contributed by atoms with Crippen LogP contribution in [0.15, 0.2) is 24.3 Å². The van der Waals surface area contributed by atoms with Gasteiger partial charge in [0, 0.05) is 12.2 Å². The Morgan fingerprint density at radius 2 is 2.06 bits per heavy atom. The van der Waals surface area contributed by atoms with Crippen molar-refractivity contribution in [2.75, 3.05) is 25.0 Å². The average molecular weight is 226 g/mol. The molecule has 0 spiro atoms. The van der Waals surface area contributed by atoms with Gasteiger partial charge in [-0.15, -0.1) is 0 Å². The number of rotatable bonds is 5. The largest absolute Gasteiger partial charge is 0.448 e. The highest BCUT2D eigenvalue weighted by Gasteiger charge is 2.02. The van der Waals surface area contributed by atoms with Crippen LogP contribution in [-0.2, 0) is 4.74 Å². The topological polar surface area (TPSA) is 50.4 Å². The Morgan fingerprint density at radius 3 is 2.69 bits per heavy atom. The fourth-order valence-corrected chi connectivity index (χ4v) is 1.08. The van der Waals surface area contributed by atoms with Gasteiger partial charge in [0.1, 0.15) is 12.4 Å². The molecule has 0 aliphatic heterocycles. The highest BCUT2D eigenvalue weighted by Crippen LogP contribution is 2.08. The van der Waals surface area contributed by atoms with E-state index < -0.39 is 6.09 Å². The number of amides is 1. The van der Waals surface area contributed by atoms with Gasteiger partial charge in [-0.2, -0.15) is 0 Å². The summed E-state index contributed by atoms with van der Waals surface area (Å²) in [6.45, 7) is 3.73. The fourth-order valence-electron chi connectivity index (χ4n) is 1.08. The predicted molar refractivity (Wildman–Crippen MR) is 59.9 cm³/mol. The van der Waals surface area contributed by atoms with Crippen LogP contribution < -0.4 is 10.6 Å². The van der Waals surface area contributed by atoms with Gasteiger partial charge in [-0.25, -0.2) is 9.18 Å². The zero-order valence-electron chi connectivity index (χ0n) is 9.13. The SMILES string of the molecule is CCNCCOC(=O)Nc1ccc(F)cc1. The van der Waals surface area contributed by atoms with E-state index in [1.165, 1.54) is 24.3 Å². The number of nitrogens with one attached hydrogen (secondary N) is 2. The molecule has 88 valence electrons. The fraction of sp³-hybridized carbons (Fsp3) is 0.364. The molecule has 0 bridgehead atoms. The van der Waals surface area contributed by atoms with Crippen molar-refractivity contribution in [3.05, 3.63) is 30.1 Å². The van der Waals surface area contributed by atoms with Crippen LogP contribution in [0, 0.1) is 5.82 Å². The highest BCUT2D eigenvalue weighted by atomic mass is 19.1. The zero-order chi connectivity index (χ0) is 11.8. The maximum atomic E-state index is 12.6. The lowest BCUT2D eigenvalue weighted by Crippen LogP contribution is -2.23. The average Bonchev–Trinajstić information content (AvgIpc) is 2.28. The maximum Gasteiger partial charge on any atom is 0.411 e. The van der Waals surface area contributed by atoms with Gasteiger partial charge in [-0.05, 0) is 30.8 Å². The van der Waals surface area contributed by atoms with Crippen LogP contribution in [-0.4, -0.2) is 25.8 Å². The Balaban J connectivity index is 2.26. The van der Waals surface area contributed by atoms with E-state index in [2.05, 4.69) is 10.6 Å². The van der Waals surface area contributed by atoms with Crippen LogP contribution >= 0.6 is 0 Å². The number of halogens is 1. The number of benzene rings is 1. The predicted octanol–water partition coefficient (Wildman–Crippen LogP) is 1.98. The summed E-state index contributed by atoms with van der Waals surface area (Å²) in [6, 6.07) is 5.49. The molecule has 1 rings (SSSR count). The summed E-state index contributed by atoms with van der Waals surface area (Å²) in [5.41, 5.74) is 0.509. The molecule has 2 N–H and O–H groups in total. The third kappa shape index (κ3) is 4.75. The normalized spacial score (nSPS) is 9.88.